The van der Waals surface area contributed by atoms with Gasteiger partial charge in [-0.2, -0.15) is 5.10 Å². The standard InChI is InChI=1S/C22H33N5O3/c1-17(2)6-12-25-13-7-18-21(19(30-3)16-20(28)27(18)15-14-25)22(29)23-8-4-10-26-11-5-9-24-26/h5,9,11,16-17H,4,6-8,10,12-15H2,1-3H3,(H,23,29). The number of nitrogens with zero attached hydrogens (tertiary/aromatic N) is 4. The van der Waals surface area contributed by atoms with Gasteiger partial charge in [-0.15, -0.1) is 0 Å². The van der Waals surface area contributed by atoms with Gasteiger partial charge in [-0.3, -0.25) is 14.3 Å². The number of hydrogen-bond acceptors (Lipinski definition) is 5. The van der Waals surface area contributed by atoms with Gasteiger partial charge >= 0.3 is 0 Å². The van der Waals surface area contributed by atoms with Gasteiger partial charge in [-0.05, 0) is 31.4 Å². The third kappa shape index (κ3) is 5.50. The van der Waals surface area contributed by atoms with E-state index in [4.69, 9.17) is 4.74 Å². The molecule has 0 saturated carbocycles. The largest absolute Gasteiger partial charge is 0.496 e. The Morgan fingerprint density at radius 3 is 2.80 bits per heavy atom. The van der Waals surface area contributed by atoms with Crippen LogP contribution in [-0.4, -0.2) is 58.4 Å². The molecule has 0 fully saturated rings. The summed E-state index contributed by atoms with van der Waals surface area (Å²) in [4.78, 5) is 28.1. The maximum Gasteiger partial charge on any atom is 0.256 e. The van der Waals surface area contributed by atoms with Gasteiger partial charge in [0.15, 0.2) is 0 Å². The van der Waals surface area contributed by atoms with Gasteiger partial charge in [0, 0.05) is 63.3 Å². The third-order valence-electron chi connectivity index (χ3n) is 5.56. The normalized spacial score (nSPS) is 14.4. The first-order valence-corrected chi connectivity index (χ1v) is 10.8. The molecule has 0 atom stereocenters. The van der Waals surface area contributed by atoms with E-state index in [9.17, 15) is 9.59 Å². The molecule has 3 rings (SSSR count). The fourth-order valence-corrected chi connectivity index (χ4v) is 3.83. The predicted octanol–water partition coefficient (Wildman–Crippen LogP) is 1.78. The summed E-state index contributed by atoms with van der Waals surface area (Å²) in [5.41, 5.74) is 1.15. The fraction of sp³-hybridized carbons (Fsp3) is 0.591. The van der Waals surface area contributed by atoms with Crippen LogP contribution in [0.4, 0.5) is 0 Å². The Hall–Kier alpha value is -2.61. The number of pyridine rings is 1. The average molecular weight is 416 g/mol. The molecular weight excluding hydrogens is 382 g/mol. The van der Waals surface area contributed by atoms with Crippen molar-refractivity contribution in [3.63, 3.8) is 0 Å². The maximum atomic E-state index is 13.0. The number of carbonyl (C=O) groups excluding carboxylic acids is 1. The van der Waals surface area contributed by atoms with Crippen molar-refractivity contribution in [3.8, 4) is 5.75 Å². The molecule has 2 aromatic rings. The number of rotatable bonds is 9. The van der Waals surface area contributed by atoms with Gasteiger partial charge in [0.1, 0.15) is 11.3 Å². The van der Waals surface area contributed by atoms with Gasteiger partial charge in [-0.25, -0.2) is 0 Å². The number of nitrogens with one attached hydrogen (secondary N) is 1. The molecule has 0 spiro atoms. The second-order valence-electron chi connectivity index (χ2n) is 8.18. The van der Waals surface area contributed by atoms with Crippen LogP contribution < -0.4 is 15.6 Å². The van der Waals surface area contributed by atoms with Crippen molar-refractivity contribution < 1.29 is 9.53 Å². The molecule has 164 valence electrons. The number of aryl methyl sites for hydroxylation is 1. The highest BCUT2D eigenvalue weighted by Gasteiger charge is 2.25. The molecule has 0 saturated heterocycles. The maximum absolute atomic E-state index is 13.0. The van der Waals surface area contributed by atoms with Crippen molar-refractivity contribution in [1.82, 2.24) is 24.6 Å². The van der Waals surface area contributed by atoms with Crippen molar-refractivity contribution >= 4 is 5.91 Å². The molecule has 1 amide bonds. The summed E-state index contributed by atoms with van der Waals surface area (Å²) in [6, 6.07) is 3.32. The quantitative estimate of drug-likeness (QED) is 0.632. The molecule has 3 heterocycles. The van der Waals surface area contributed by atoms with Crippen LogP contribution in [0.5, 0.6) is 5.75 Å². The van der Waals surface area contributed by atoms with Crippen molar-refractivity contribution in [3.05, 3.63) is 46.1 Å². The lowest BCUT2D eigenvalue weighted by Gasteiger charge is -2.20. The van der Waals surface area contributed by atoms with Gasteiger partial charge in [-0.1, -0.05) is 13.8 Å². The molecule has 1 N–H and O–H groups in total. The minimum atomic E-state index is -0.188. The van der Waals surface area contributed by atoms with E-state index >= 15 is 0 Å². The van der Waals surface area contributed by atoms with Crippen LogP contribution in [0.1, 0.15) is 42.7 Å². The van der Waals surface area contributed by atoms with Crippen LogP contribution in [0.2, 0.25) is 0 Å². The summed E-state index contributed by atoms with van der Waals surface area (Å²) in [6.45, 7) is 8.95. The fourth-order valence-electron chi connectivity index (χ4n) is 3.83. The number of amides is 1. The summed E-state index contributed by atoms with van der Waals surface area (Å²) in [6.07, 6.45) is 6.19. The molecule has 0 bridgehead atoms. The summed E-state index contributed by atoms with van der Waals surface area (Å²) >= 11 is 0. The second-order valence-corrected chi connectivity index (χ2v) is 8.18. The van der Waals surface area contributed by atoms with Gasteiger partial charge in [0.2, 0.25) is 0 Å². The molecule has 8 nitrogen and oxygen atoms in total. The van der Waals surface area contributed by atoms with Crippen molar-refractivity contribution in [1.29, 1.82) is 0 Å². The Morgan fingerprint density at radius 1 is 1.27 bits per heavy atom. The molecule has 2 aromatic heterocycles. The summed E-state index contributed by atoms with van der Waals surface area (Å²) < 4.78 is 9.01. The zero-order chi connectivity index (χ0) is 21.5. The van der Waals surface area contributed by atoms with E-state index in [2.05, 4.69) is 29.2 Å². The topological polar surface area (TPSA) is 81.4 Å². The van der Waals surface area contributed by atoms with E-state index < -0.39 is 0 Å². The zero-order valence-electron chi connectivity index (χ0n) is 18.3. The number of methoxy groups -OCH3 is 1. The first kappa shape index (κ1) is 22.1. The Balaban J connectivity index is 1.72. The molecule has 0 unspecified atom stereocenters. The Bertz CT molecular complexity index is 889. The van der Waals surface area contributed by atoms with Crippen LogP contribution in [0.15, 0.2) is 29.3 Å². The molecule has 0 aromatic carbocycles. The molecular formula is C22H33N5O3. The van der Waals surface area contributed by atoms with E-state index in [0.717, 1.165) is 44.7 Å². The molecule has 8 heteroatoms. The zero-order valence-corrected chi connectivity index (χ0v) is 18.3. The highest BCUT2D eigenvalue weighted by atomic mass is 16.5. The lowest BCUT2D eigenvalue weighted by Crippen LogP contribution is -2.32. The molecule has 0 radical (unpaired) electrons. The summed E-state index contributed by atoms with van der Waals surface area (Å²) in [5.74, 6) is 0.805. The lowest BCUT2D eigenvalue weighted by molar-refractivity contribution is 0.0947. The number of carbonyl (C=O) groups is 1. The first-order chi connectivity index (χ1) is 14.5. The Kier molecular flexibility index (Phi) is 7.68. The van der Waals surface area contributed by atoms with Crippen molar-refractivity contribution in [2.24, 2.45) is 5.92 Å². The number of aromatic nitrogens is 3. The van der Waals surface area contributed by atoms with Crippen LogP contribution in [0.3, 0.4) is 0 Å². The number of ether oxygens (including phenoxy) is 1. The summed E-state index contributed by atoms with van der Waals surface area (Å²) in [7, 11) is 1.51. The third-order valence-corrected chi connectivity index (χ3v) is 5.56. The van der Waals surface area contributed by atoms with E-state index in [-0.39, 0.29) is 11.5 Å². The van der Waals surface area contributed by atoms with Gasteiger partial charge < -0.3 is 19.5 Å². The van der Waals surface area contributed by atoms with Crippen molar-refractivity contribution in [2.75, 3.05) is 33.3 Å². The van der Waals surface area contributed by atoms with E-state index in [1.54, 1.807) is 10.8 Å². The van der Waals surface area contributed by atoms with Crippen LogP contribution in [0.25, 0.3) is 0 Å². The van der Waals surface area contributed by atoms with Crippen LogP contribution in [-0.2, 0) is 19.5 Å². The monoisotopic (exact) mass is 415 g/mol. The SMILES string of the molecule is COc1cc(=O)n2c(c1C(=O)NCCCn1cccn1)CCN(CCC(C)C)CC2. The first-order valence-electron chi connectivity index (χ1n) is 10.8. The number of fused-ring (bicyclic) bond motifs is 1. The Labute approximate surface area is 177 Å². The Morgan fingerprint density at radius 2 is 2.10 bits per heavy atom. The minimum Gasteiger partial charge on any atom is -0.496 e. The lowest BCUT2D eigenvalue weighted by atomic mass is 10.1. The van der Waals surface area contributed by atoms with Crippen molar-refractivity contribution in [2.45, 2.75) is 46.2 Å². The van der Waals surface area contributed by atoms with E-state index in [0.29, 0.717) is 36.7 Å². The smallest absolute Gasteiger partial charge is 0.256 e. The van der Waals surface area contributed by atoms with Gasteiger partial charge in [0.05, 0.1) is 7.11 Å². The molecule has 1 aliphatic heterocycles. The molecule has 30 heavy (non-hydrogen) atoms. The highest BCUT2D eigenvalue weighted by Crippen LogP contribution is 2.23. The predicted molar refractivity (Wildman–Crippen MR) is 116 cm³/mol. The minimum absolute atomic E-state index is 0.109. The molecule has 1 aliphatic rings. The van der Waals surface area contributed by atoms with Crippen LogP contribution >= 0.6 is 0 Å². The van der Waals surface area contributed by atoms with E-state index in [1.165, 1.54) is 13.2 Å². The highest BCUT2D eigenvalue weighted by molar-refractivity contribution is 5.98. The average Bonchev–Trinajstić information content (AvgIpc) is 3.15. The van der Waals surface area contributed by atoms with E-state index in [1.807, 2.05) is 16.9 Å². The second kappa shape index (κ2) is 10.4. The van der Waals surface area contributed by atoms with Crippen LogP contribution in [0, 0.1) is 5.92 Å². The summed E-state index contributed by atoms with van der Waals surface area (Å²) in [5, 5.41) is 7.16. The van der Waals surface area contributed by atoms with Gasteiger partial charge in [0.25, 0.3) is 11.5 Å². The number of hydrogen-bond donors (Lipinski definition) is 1. The molecule has 0 aliphatic carbocycles.